The number of thioether (sulfide) groups is 1. The molecule has 0 saturated heterocycles. The Bertz CT molecular complexity index is 598. The highest BCUT2D eigenvalue weighted by molar-refractivity contribution is 7.99. The van der Waals surface area contributed by atoms with Gasteiger partial charge in [-0.25, -0.2) is 14.8 Å². The van der Waals surface area contributed by atoms with Gasteiger partial charge in [0.2, 0.25) is 0 Å². The van der Waals surface area contributed by atoms with Crippen molar-refractivity contribution in [3.05, 3.63) is 16.8 Å². The number of rotatable bonds is 6. The van der Waals surface area contributed by atoms with Gasteiger partial charge in [-0.1, -0.05) is 0 Å². The summed E-state index contributed by atoms with van der Waals surface area (Å²) in [4.78, 5) is 20.6. The minimum absolute atomic E-state index is 0.335. The van der Waals surface area contributed by atoms with Gasteiger partial charge in [0.25, 0.3) is 0 Å². The quantitative estimate of drug-likeness (QED) is 0.502. The van der Waals surface area contributed by atoms with Crippen molar-refractivity contribution in [2.24, 2.45) is 0 Å². The van der Waals surface area contributed by atoms with Crippen LogP contribution in [0.3, 0.4) is 0 Å². The number of nitrogens with zero attached hydrogens (tertiary/aromatic N) is 2. The molecule has 0 radical (unpaired) electrons. The van der Waals surface area contributed by atoms with Crippen LogP contribution in [0.5, 0.6) is 0 Å². The predicted octanol–water partition coefficient (Wildman–Crippen LogP) is 2.83. The monoisotopic (exact) mass is 298 g/mol. The molecule has 0 unspecified atom stereocenters. The van der Waals surface area contributed by atoms with E-state index in [-0.39, 0.29) is 0 Å². The third kappa shape index (κ3) is 3.05. The van der Waals surface area contributed by atoms with Crippen molar-refractivity contribution in [2.45, 2.75) is 18.9 Å². The lowest BCUT2D eigenvalue weighted by Crippen LogP contribution is -1.97. The zero-order valence-electron chi connectivity index (χ0n) is 10.7. The number of carboxylic acid groups (broad SMARTS) is 1. The maximum Gasteiger partial charge on any atom is 0.346 e. The van der Waals surface area contributed by atoms with Crippen LogP contribution < -0.4 is 0 Å². The standard InChI is InChI=1S/C12H14N2O3S2/c1-3-17-4-5-18-10-8-7(2)9(12(15)16)19-11(8)14-6-13-10/h6H,3-5H2,1-2H3,(H,15,16). The number of aromatic nitrogens is 2. The maximum atomic E-state index is 11.1. The van der Waals surface area contributed by atoms with Crippen LogP contribution in [-0.4, -0.2) is 40.0 Å². The second-order valence-corrected chi connectivity index (χ2v) is 5.85. The molecule has 5 nitrogen and oxygen atoms in total. The predicted molar refractivity (Wildman–Crippen MR) is 76.3 cm³/mol. The number of aromatic carboxylic acids is 1. The zero-order valence-corrected chi connectivity index (χ0v) is 12.3. The molecule has 0 aliphatic heterocycles. The van der Waals surface area contributed by atoms with Crippen LogP contribution >= 0.6 is 23.1 Å². The van der Waals surface area contributed by atoms with Gasteiger partial charge in [-0.05, 0) is 19.4 Å². The number of fused-ring (bicyclic) bond motifs is 1. The van der Waals surface area contributed by atoms with Gasteiger partial charge in [0.15, 0.2) is 0 Å². The number of thiophene rings is 1. The minimum atomic E-state index is -0.911. The van der Waals surface area contributed by atoms with Crippen LogP contribution in [0.25, 0.3) is 10.2 Å². The van der Waals surface area contributed by atoms with E-state index in [4.69, 9.17) is 9.84 Å². The summed E-state index contributed by atoms with van der Waals surface area (Å²) in [6.45, 7) is 5.11. The Balaban J connectivity index is 2.31. The Hall–Kier alpha value is -1.18. The van der Waals surface area contributed by atoms with E-state index in [0.29, 0.717) is 18.1 Å². The Morgan fingerprint density at radius 1 is 1.53 bits per heavy atom. The summed E-state index contributed by atoms with van der Waals surface area (Å²) in [6.07, 6.45) is 1.48. The summed E-state index contributed by atoms with van der Waals surface area (Å²) in [7, 11) is 0. The number of ether oxygens (including phenoxy) is 1. The first-order valence-corrected chi connectivity index (χ1v) is 7.63. The average Bonchev–Trinajstić information content (AvgIpc) is 2.73. The van der Waals surface area contributed by atoms with E-state index >= 15 is 0 Å². The van der Waals surface area contributed by atoms with Gasteiger partial charge in [0, 0.05) is 17.7 Å². The fourth-order valence-corrected chi connectivity index (χ4v) is 3.66. The number of carbonyl (C=O) groups is 1. The highest BCUT2D eigenvalue weighted by Crippen LogP contribution is 2.34. The molecule has 1 N–H and O–H groups in total. The molecule has 19 heavy (non-hydrogen) atoms. The van der Waals surface area contributed by atoms with Gasteiger partial charge in [-0.15, -0.1) is 23.1 Å². The molecule has 2 heterocycles. The molecule has 0 aliphatic carbocycles. The topological polar surface area (TPSA) is 72.3 Å². The largest absolute Gasteiger partial charge is 0.477 e. The molecule has 0 aromatic carbocycles. The fourth-order valence-electron chi connectivity index (χ4n) is 1.69. The molecule has 102 valence electrons. The summed E-state index contributed by atoms with van der Waals surface area (Å²) in [5.74, 6) is -0.122. The minimum Gasteiger partial charge on any atom is -0.477 e. The normalized spacial score (nSPS) is 11.1. The number of carboxylic acids is 1. The molecule has 7 heteroatoms. The van der Waals surface area contributed by atoms with Crippen LogP contribution in [0.4, 0.5) is 0 Å². The number of hydrogen-bond acceptors (Lipinski definition) is 6. The molecule has 0 amide bonds. The molecular weight excluding hydrogens is 284 g/mol. The van der Waals surface area contributed by atoms with Crippen LogP contribution in [0.2, 0.25) is 0 Å². The number of hydrogen-bond donors (Lipinski definition) is 1. The molecule has 2 rings (SSSR count). The van der Waals surface area contributed by atoms with Crippen molar-refractivity contribution < 1.29 is 14.6 Å². The van der Waals surface area contributed by atoms with Gasteiger partial charge in [0.05, 0.1) is 6.61 Å². The Labute approximate surface area is 119 Å². The third-order valence-corrected chi connectivity index (χ3v) is 4.70. The van der Waals surface area contributed by atoms with E-state index in [2.05, 4.69) is 9.97 Å². The first-order valence-electron chi connectivity index (χ1n) is 5.83. The third-order valence-electron chi connectivity index (χ3n) is 2.56. The fraction of sp³-hybridized carbons (Fsp3) is 0.417. The highest BCUT2D eigenvalue weighted by atomic mass is 32.2. The van der Waals surface area contributed by atoms with E-state index in [1.54, 1.807) is 18.7 Å². The molecule has 0 bridgehead atoms. The van der Waals surface area contributed by atoms with Gasteiger partial charge in [-0.2, -0.15) is 0 Å². The Kier molecular flexibility index (Phi) is 4.73. The lowest BCUT2D eigenvalue weighted by atomic mass is 10.2. The lowest BCUT2D eigenvalue weighted by molar-refractivity contribution is 0.0701. The number of aryl methyl sites for hydroxylation is 1. The van der Waals surface area contributed by atoms with Crippen LogP contribution in [0.1, 0.15) is 22.2 Å². The summed E-state index contributed by atoms with van der Waals surface area (Å²) in [6, 6.07) is 0. The molecule has 0 spiro atoms. The zero-order chi connectivity index (χ0) is 13.8. The highest BCUT2D eigenvalue weighted by Gasteiger charge is 2.18. The summed E-state index contributed by atoms with van der Waals surface area (Å²) >= 11 is 2.76. The van der Waals surface area contributed by atoms with E-state index in [9.17, 15) is 4.79 Å². The van der Waals surface area contributed by atoms with Crippen LogP contribution in [0, 0.1) is 6.92 Å². The van der Waals surface area contributed by atoms with Crippen molar-refractivity contribution >= 4 is 39.3 Å². The van der Waals surface area contributed by atoms with Gasteiger partial charge in [-0.3, -0.25) is 0 Å². The van der Waals surface area contributed by atoms with Gasteiger partial charge < -0.3 is 9.84 Å². The molecule has 0 fully saturated rings. The molecular formula is C12H14N2O3S2. The molecule has 2 aromatic rings. The summed E-state index contributed by atoms with van der Waals surface area (Å²) in [5.41, 5.74) is 0.743. The Morgan fingerprint density at radius 2 is 2.32 bits per heavy atom. The average molecular weight is 298 g/mol. The second kappa shape index (κ2) is 6.31. The molecule has 2 aromatic heterocycles. The van der Waals surface area contributed by atoms with Gasteiger partial charge >= 0.3 is 5.97 Å². The van der Waals surface area contributed by atoms with E-state index in [1.807, 2.05) is 6.92 Å². The van der Waals surface area contributed by atoms with Gasteiger partial charge in [0.1, 0.15) is 21.1 Å². The Morgan fingerprint density at radius 3 is 3.00 bits per heavy atom. The first-order chi connectivity index (χ1) is 9.15. The molecule has 0 atom stereocenters. The van der Waals surface area contributed by atoms with E-state index in [1.165, 1.54) is 17.7 Å². The van der Waals surface area contributed by atoms with Crippen molar-refractivity contribution in [2.75, 3.05) is 19.0 Å². The van der Waals surface area contributed by atoms with Crippen molar-refractivity contribution in [3.63, 3.8) is 0 Å². The van der Waals surface area contributed by atoms with E-state index in [0.717, 1.165) is 26.6 Å². The van der Waals surface area contributed by atoms with Crippen LogP contribution in [0.15, 0.2) is 11.4 Å². The smallest absolute Gasteiger partial charge is 0.346 e. The summed E-state index contributed by atoms with van der Waals surface area (Å²) < 4.78 is 5.29. The lowest BCUT2D eigenvalue weighted by Gasteiger charge is -2.03. The van der Waals surface area contributed by atoms with Crippen molar-refractivity contribution in [3.8, 4) is 0 Å². The van der Waals surface area contributed by atoms with E-state index < -0.39 is 5.97 Å². The maximum absolute atomic E-state index is 11.1. The summed E-state index contributed by atoms with van der Waals surface area (Å²) in [5, 5.41) is 10.8. The second-order valence-electron chi connectivity index (χ2n) is 3.77. The SMILES string of the molecule is CCOCCSc1ncnc2sc(C(=O)O)c(C)c12. The van der Waals surface area contributed by atoms with Crippen molar-refractivity contribution in [1.82, 2.24) is 9.97 Å². The van der Waals surface area contributed by atoms with Crippen LogP contribution in [-0.2, 0) is 4.74 Å². The van der Waals surface area contributed by atoms with Crippen molar-refractivity contribution in [1.29, 1.82) is 0 Å². The molecule has 0 aliphatic rings. The first kappa shape index (κ1) is 14.2. The molecule has 0 saturated carbocycles.